The van der Waals surface area contributed by atoms with Crippen molar-refractivity contribution in [2.24, 2.45) is 7.05 Å². The summed E-state index contributed by atoms with van der Waals surface area (Å²) >= 11 is 0. The number of carbonyl (C=O) groups is 1. The second-order valence-corrected chi connectivity index (χ2v) is 8.31. The van der Waals surface area contributed by atoms with E-state index in [1.165, 1.54) is 6.07 Å². The van der Waals surface area contributed by atoms with Crippen LogP contribution in [0.3, 0.4) is 0 Å². The summed E-state index contributed by atoms with van der Waals surface area (Å²) in [6, 6.07) is 13.3. The number of amides is 1. The topological polar surface area (TPSA) is 28.5 Å². The number of hydrogen-bond donors (Lipinski definition) is 0. The Morgan fingerprint density at radius 3 is 2.53 bits per heavy atom. The van der Waals surface area contributed by atoms with Crippen molar-refractivity contribution in [3.63, 3.8) is 0 Å². The largest absolute Gasteiger partial charge is 0.350 e. The highest BCUT2D eigenvalue weighted by Gasteiger charge is 2.28. The Hall–Kier alpha value is -2.66. The summed E-state index contributed by atoms with van der Waals surface area (Å²) in [5, 5.41) is 1.08. The van der Waals surface area contributed by atoms with Crippen LogP contribution in [0.5, 0.6) is 0 Å². The minimum Gasteiger partial charge on any atom is -0.350 e. The molecular formula is C25H30FN3O. The molecule has 30 heavy (non-hydrogen) atoms. The van der Waals surface area contributed by atoms with Crippen LogP contribution in [0, 0.1) is 12.7 Å². The molecular weight excluding hydrogens is 377 g/mol. The quantitative estimate of drug-likeness (QED) is 0.630. The van der Waals surface area contributed by atoms with Gasteiger partial charge in [0.15, 0.2) is 0 Å². The molecule has 1 fully saturated rings. The van der Waals surface area contributed by atoms with Gasteiger partial charge >= 0.3 is 0 Å². The third kappa shape index (κ3) is 3.99. The van der Waals surface area contributed by atoms with Crippen LogP contribution in [-0.2, 0) is 11.8 Å². The van der Waals surface area contributed by atoms with Gasteiger partial charge in [0.2, 0.25) is 5.91 Å². The Kier molecular flexibility index (Phi) is 5.91. The molecule has 158 valence electrons. The van der Waals surface area contributed by atoms with Gasteiger partial charge in [-0.1, -0.05) is 42.8 Å². The number of aryl methyl sites for hydroxylation is 2. The average Bonchev–Trinajstić information content (AvgIpc) is 3.10. The molecule has 2 heterocycles. The Morgan fingerprint density at radius 1 is 1.07 bits per heavy atom. The summed E-state index contributed by atoms with van der Waals surface area (Å²) in [4.78, 5) is 17.6. The molecule has 4 rings (SSSR count). The molecule has 1 saturated heterocycles. The van der Waals surface area contributed by atoms with E-state index in [0.717, 1.165) is 54.8 Å². The van der Waals surface area contributed by atoms with E-state index in [4.69, 9.17) is 0 Å². The van der Waals surface area contributed by atoms with Gasteiger partial charge in [-0.15, -0.1) is 0 Å². The van der Waals surface area contributed by atoms with Crippen LogP contribution in [0.25, 0.3) is 10.9 Å². The van der Waals surface area contributed by atoms with Gasteiger partial charge in [0.1, 0.15) is 5.82 Å². The van der Waals surface area contributed by atoms with Gasteiger partial charge in [0.25, 0.3) is 0 Å². The molecule has 2 aromatic carbocycles. The second-order valence-electron chi connectivity index (χ2n) is 8.31. The lowest BCUT2D eigenvalue weighted by atomic mass is 9.86. The van der Waals surface area contributed by atoms with Crippen LogP contribution in [0.4, 0.5) is 4.39 Å². The molecule has 1 aliphatic heterocycles. The Morgan fingerprint density at radius 2 is 1.80 bits per heavy atom. The molecule has 0 unspecified atom stereocenters. The maximum Gasteiger partial charge on any atom is 0.223 e. The van der Waals surface area contributed by atoms with Gasteiger partial charge in [-0.3, -0.25) is 4.79 Å². The van der Waals surface area contributed by atoms with E-state index in [1.54, 1.807) is 6.07 Å². The number of aromatic nitrogens is 1. The number of halogens is 1. The van der Waals surface area contributed by atoms with Gasteiger partial charge in [-0.25, -0.2) is 4.39 Å². The van der Waals surface area contributed by atoms with Crippen molar-refractivity contribution in [1.29, 1.82) is 0 Å². The van der Waals surface area contributed by atoms with E-state index in [9.17, 15) is 9.18 Å². The van der Waals surface area contributed by atoms with Crippen molar-refractivity contribution in [3.05, 3.63) is 71.2 Å². The van der Waals surface area contributed by atoms with Gasteiger partial charge in [-0.05, 0) is 36.7 Å². The maximum atomic E-state index is 15.0. The summed E-state index contributed by atoms with van der Waals surface area (Å²) in [5.41, 5.74) is 3.71. The van der Waals surface area contributed by atoms with Crippen molar-refractivity contribution >= 4 is 16.8 Å². The highest BCUT2D eigenvalue weighted by Crippen LogP contribution is 2.36. The molecule has 0 spiro atoms. The van der Waals surface area contributed by atoms with E-state index >= 15 is 0 Å². The molecule has 0 saturated carbocycles. The number of rotatable bonds is 5. The standard InChI is InChI=1S/C25H30FN3O/c1-4-28-11-13-29(14-12-28)25(30)16-20(21-15-18(2)9-10-23(21)26)22-17-27(3)24-8-6-5-7-19(22)24/h5-10,15,17,20H,4,11-14,16H2,1-3H3/t20-/m1/s1. The van der Waals surface area contributed by atoms with E-state index in [-0.39, 0.29) is 24.1 Å². The number of likely N-dealkylation sites (N-methyl/N-ethyl adjacent to an activating group) is 1. The number of carbonyl (C=O) groups excluding carboxylic acids is 1. The van der Waals surface area contributed by atoms with Crippen LogP contribution >= 0.6 is 0 Å². The first-order valence-corrected chi connectivity index (χ1v) is 10.8. The fourth-order valence-corrected chi connectivity index (χ4v) is 4.59. The molecule has 5 heteroatoms. The number of para-hydroxylation sites is 1. The van der Waals surface area contributed by atoms with Crippen molar-refractivity contribution in [3.8, 4) is 0 Å². The zero-order valence-electron chi connectivity index (χ0n) is 18.1. The highest BCUT2D eigenvalue weighted by atomic mass is 19.1. The predicted octanol–water partition coefficient (Wildman–Crippen LogP) is 4.31. The first-order chi connectivity index (χ1) is 14.5. The van der Waals surface area contributed by atoms with Gasteiger partial charge in [-0.2, -0.15) is 0 Å². The first kappa shape index (κ1) is 20.6. The first-order valence-electron chi connectivity index (χ1n) is 10.8. The van der Waals surface area contributed by atoms with E-state index < -0.39 is 0 Å². The lowest BCUT2D eigenvalue weighted by Gasteiger charge is -2.35. The van der Waals surface area contributed by atoms with Crippen LogP contribution in [0.15, 0.2) is 48.7 Å². The summed E-state index contributed by atoms with van der Waals surface area (Å²) < 4.78 is 17.0. The van der Waals surface area contributed by atoms with Gasteiger partial charge in [0, 0.05) is 62.7 Å². The van der Waals surface area contributed by atoms with Crippen LogP contribution in [-0.4, -0.2) is 53.0 Å². The summed E-state index contributed by atoms with van der Waals surface area (Å²) in [7, 11) is 2.00. The summed E-state index contributed by atoms with van der Waals surface area (Å²) in [6.45, 7) is 8.41. The third-order valence-corrected chi connectivity index (χ3v) is 6.38. The molecule has 1 amide bonds. The number of piperazine rings is 1. The maximum absolute atomic E-state index is 15.0. The number of hydrogen-bond acceptors (Lipinski definition) is 2. The van der Waals surface area contributed by atoms with Gasteiger partial charge < -0.3 is 14.4 Å². The molecule has 1 atom stereocenters. The summed E-state index contributed by atoms with van der Waals surface area (Å²) in [5.74, 6) is -0.459. The Balaban J connectivity index is 1.71. The molecule has 0 N–H and O–H groups in total. The smallest absolute Gasteiger partial charge is 0.223 e. The molecule has 4 nitrogen and oxygen atoms in total. The highest BCUT2D eigenvalue weighted by molar-refractivity contribution is 5.86. The molecule has 0 radical (unpaired) electrons. The van der Waals surface area contributed by atoms with E-state index in [2.05, 4.69) is 34.7 Å². The van der Waals surface area contributed by atoms with E-state index in [0.29, 0.717) is 5.56 Å². The van der Waals surface area contributed by atoms with Crippen molar-refractivity contribution in [1.82, 2.24) is 14.4 Å². The van der Waals surface area contributed by atoms with Crippen molar-refractivity contribution < 1.29 is 9.18 Å². The number of nitrogens with zero attached hydrogens (tertiary/aromatic N) is 3. The minimum atomic E-state index is -0.312. The number of fused-ring (bicyclic) bond motifs is 1. The molecule has 0 bridgehead atoms. The molecule has 1 aromatic heterocycles. The summed E-state index contributed by atoms with van der Waals surface area (Å²) in [6.07, 6.45) is 2.33. The Labute approximate surface area is 177 Å². The van der Waals surface area contributed by atoms with Gasteiger partial charge in [0.05, 0.1) is 0 Å². The van der Waals surface area contributed by atoms with E-state index in [1.807, 2.05) is 37.1 Å². The third-order valence-electron chi connectivity index (χ3n) is 6.38. The fourth-order valence-electron chi connectivity index (χ4n) is 4.59. The zero-order chi connectivity index (χ0) is 21.3. The lowest BCUT2D eigenvalue weighted by Crippen LogP contribution is -2.48. The van der Waals surface area contributed by atoms with Crippen LogP contribution in [0.1, 0.15) is 36.0 Å². The second kappa shape index (κ2) is 8.60. The van der Waals surface area contributed by atoms with Crippen LogP contribution in [0.2, 0.25) is 0 Å². The SMILES string of the molecule is CCN1CCN(C(=O)C[C@H](c2cc(C)ccc2F)c2cn(C)c3ccccc23)CC1. The van der Waals surface area contributed by atoms with Crippen molar-refractivity contribution in [2.45, 2.75) is 26.2 Å². The normalized spacial score (nSPS) is 16.2. The fraction of sp³-hybridized carbons (Fsp3) is 0.400. The molecule has 0 aliphatic carbocycles. The lowest BCUT2D eigenvalue weighted by molar-refractivity contribution is -0.133. The van der Waals surface area contributed by atoms with Crippen molar-refractivity contribution in [2.75, 3.05) is 32.7 Å². The number of benzene rings is 2. The Bertz CT molecular complexity index is 1050. The molecule has 3 aromatic rings. The zero-order valence-corrected chi connectivity index (χ0v) is 18.1. The monoisotopic (exact) mass is 407 g/mol. The van der Waals surface area contributed by atoms with Crippen LogP contribution < -0.4 is 0 Å². The predicted molar refractivity (Wildman–Crippen MR) is 119 cm³/mol. The molecule has 1 aliphatic rings. The minimum absolute atomic E-state index is 0.101. The average molecular weight is 408 g/mol.